The quantitative estimate of drug-likeness (QED) is 0.805. The van der Waals surface area contributed by atoms with Crippen molar-refractivity contribution in [2.45, 2.75) is 16.3 Å². The van der Waals surface area contributed by atoms with E-state index in [1.165, 1.54) is 6.33 Å². The van der Waals surface area contributed by atoms with Crippen LogP contribution in [-0.4, -0.2) is 25.0 Å². The average molecular weight is 281 g/mol. The highest BCUT2D eigenvalue weighted by Crippen LogP contribution is 2.35. The summed E-state index contributed by atoms with van der Waals surface area (Å²) in [4.78, 5) is 3.95. The number of alkyl halides is 3. The first-order valence-corrected chi connectivity index (χ1v) is 6.13. The molecular weight excluding hydrogens is 275 g/mol. The van der Waals surface area contributed by atoms with Crippen LogP contribution in [0.1, 0.15) is 10.8 Å². The SMILES string of the molecule is Cn1ncnc1CSc1nnc(C(F)(F)F)s1. The molecule has 0 unspecified atom stereocenters. The van der Waals surface area contributed by atoms with E-state index < -0.39 is 11.2 Å². The number of rotatable bonds is 3. The molecular formula is C7H6F3N5S2. The molecule has 0 radical (unpaired) electrons. The van der Waals surface area contributed by atoms with Crippen LogP contribution >= 0.6 is 23.1 Å². The van der Waals surface area contributed by atoms with Crippen molar-refractivity contribution in [1.82, 2.24) is 25.0 Å². The van der Waals surface area contributed by atoms with Crippen molar-refractivity contribution in [3.8, 4) is 0 Å². The second-order valence-corrected chi connectivity index (χ2v) is 5.16. The molecule has 0 amide bonds. The molecule has 0 aromatic carbocycles. The third-order valence-electron chi connectivity index (χ3n) is 1.78. The molecule has 0 saturated carbocycles. The van der Waals surface area contributed by atoms with Gasteiger partial charge in [0, 0.05) is 7.05 Å². The highest BCUT2D eigenvalue weighted by molar-refractivity contribution is 8.00. The second-order valence-electron chi connectivity index (χ2n) is 2.96. The summed E-state index contributed by atoms with van der Waals surface area (Å²) in [7, 11) is 1.71. The Labute approximate surface area is 102 Å². The highest BCUT2D eigenvalue weighted by Gasteiger charge is 2.35. The molecule has 0 aliphatic rings. The Hall–Kier alpha value is -1.16. The summed E-state index contributed by atoms with van der Waals surface area (Å²) in [5.41, 5.74) is 0. The van der Waals surface area contributed by atoms with E-state index >= 15 is 0 Å². The van der Waals surface area contributed by atoms with Gasteiger partial charge in [-0.25, -0.2) is 4.98 Å². The van der Waals surface area contributed by atoms with Crippen LogP contribution in [0.2, 0.25) is 0 Å². The van der Waals surface area contributed by atoms with Crippen LogP contribution in [-0.2, 0) is 19.0 Å². The maximum absolute atomic E-state index is 12.3. The summed E-state index contributed by atoms with van der Waals surface area (Å²) in [5, 5.41) is 9.48. The minimum atomic E-state index is -4.43. The van der Waals surface area contributed by atoms with Crippen molar-refractivity contribution in [2.24, 2.45) is 7.05 Å². The molecule has 0 fully saturated rings. The molecule has 10 heteroatoms. The van der Waals surface area contributed by atoms with E-state index in [9.17, 15) is 13.2 Å². The lowest BCUT2D eigenvalue weighted by molar-refractivity contribution is -0.138. The van der Waals surface area contributed by atoms with Gasteiger partial charge in [-0.1, -0.05) is 23.1 Å². The van der Waals surface area contributed by atoms with Gasteiger partial charge in [-0.15, -0.1) is 10.2 Å². The Bertz CT molecular complexity index is 506. The zero-order chi connectivity index (χ0) is 12.5. The number of aromatic nitrogens is 5. The maximum Gasteiger partial charge on any atom is 0.445 e. The second kappa shape index (κ2) is 4.61. The largest absolute Gasteiger partial charge is 0.445 e. The lowest BCUT2D eigenvalue weighted by Gasteiger charge is -1.98. The van der Waals surface area contributed by atoms with Crippen molar-refractivity contribution < 1.29 is 13.2 Å². The van der Waals surface area contributed by atoms with Crippen LogP contribution in [0.5, 0.6) is 0 Å². The average Bonchev–Trinajstić information content (AvgIpc) is 2.82. The smallest absolute Gasteiger partial charge is 0.252 e. The third-order valence-corrected chi connectivity index (χ3v) is 3.88. The molecule has 0 spiro atoms. The minimum absolute atomic E-state index is 0.264. The van der Waals surface area contributed by atoms with Crippen molar-refractivity contribution in [3.05, 3.63) is 17.2 Å². The highest BCUT2D eigenvalue weighted by atomic mass is 32.2. The van der Waals surface area contributed by atoms with Gasteiger partial charge in [0.05, 0.1) is 5.75 Å². The zero-order valence-corrected chi connectivity index (χ0v) is 10.1. The molecule has 92 valence electrons. The summed E-state index contributed by atoms with van der Waals surface area (Å²) in [6.07, 6.45) is -3.04. The summed E-state index contributed by atoms with van der Waals surface area (Å²) >= 11 is 1.68. The Balaban J connectivity index is 2.01. The van der Waals surface area contributed by atoms with Crippen LogP contribution in [0.15, 0.2) is 10.7 Å². The van der Waals surface area contributed by atoms with Crippen LogP contribution in [0.25, 0.3) is 0 Å². The Morgan fingerprint density at radius 2 is 2.18 bits per heavy atom. The van der Waals surface area contributed by atoms with E-state index in [-0.39, 0.29) is 4.34 Å². The third kappa shape index (κ3) is 2.94. The van der Waals surface area contributed by atoms with Gasteiger partial charge in [-0.2, -0.15) is 18.3 Å². The molecule has 0 atom stereocenters. The number of hydrogen-bond acceptors (Lipinski definition) is 6. The normalized spacial score (nSPS) is 12.0. The van der Waals surface area contributed by atoms with Gasteiger partial charge >= 0.3 is 6.18 Å². The van der Waals surface area contributed by atoms with Crippen molar-refractivity contribution in [1.29, 1.82) is 0 Å². The lowest BCUT2D eigenvalue weighted by Crippen LogP contribution is -2.03. The van der Waals surface area contributed by atoms with Gasteiger partial charge in [-0.3, -0.25) is 4.68 Å². The minimum Gasteiger partial charge on any atom is -0.252 e. The van der Waals surface area contributed by atoms with Crippen LogP contribution in [0, 0.1) is 0 Å². The van der Waals surface area contributed by atoms with Gasteiger partial charge in [0.25, 0.3) is 0 Å². The Kier molecular flexibility index (Phi) is 3.33. The Morgan fingerprint density at radius 1 is 1.41 bits per heavy atom. The number of halogens is 3. The molecule has 2 aromatic heterocycles. The van der Waals surface area contributed by atoms with Gasteiger partial charge in [0.2, 0.25) is 5.01 Å². The Morgan fingerprint density at radius 3 is 2.71 bits per heavy atom. The number of aryl methyl sites for hydroxylation is 1. The van der Waals surface area contributed by atoms with Gasteiger partial charge in [-0.05, 0) is 0 Å². The molecule has 2 rings (SSSR count). The first-order chi connectivity index (χ1) is 7.97. The topological polar surface area (TPSA) is 56.5 Å². The monoisotopic (exact) mass is 281 g/mol. The van der Waals surface area contributed by atoms with Crippen LogP contribution in [0.3, 0.4) is 0 Å². The fourth-order valence-corrected chi connectivity index (χ4v) is 2.67. The first-order valence-electron chi connectivity index (χ1n) is 4.33. The number of nitrogens with zero attached hydrogens (tertiary/aromatic N) is 5. The molecule has 0 bridgehead atoms. The van der Waals surface area contributed by atoms with E-state index in [0.29, 0.717) is 22.9 Å². The fraction of sp³-hybridized carbons (Fsp3) is 0.429. The van der Waals surface area contributed by atoms with Crippen molar-refractivity contribution in [3.63, 3.8) is 0 Å². The molecule has 0 saturated heterocycles. The molecule has 2 heterocycles. The van der Waals surface area contributed by atoms with Crippen molar-refractivity contribution in [2.75, 3.05) is 0 Å². The van der Waals surface area contributed by atoms with Crippen LogP contribution < -0.4 is 0 Å². The van der Waals surface area contributed by atoms with Crippen molar-refractivity contribution >= 4 is 23.1 Å². The van der Waals surface area contributed by atoms with Gasteiger partial charge in [0.1, 0.15) is 12.2 Å². The molecule has 2 aromatic rings. The predicted molar refractivity (Wildman–Crippen MR) is 55.5 cm³/mol. The van der Waals surface area contributed by atoms with Gasteiger partial charge in [0.15, 0.2) is 4.34 Å². The molecule has 0 aliphatic heterocycles. The predicted octanol–water partition coefficient (Wildman–Crippen LogP) is 1.98. The number of thioether (sulfide) groups is 1. The number of hydrogen-bond donors (Lipinski definition) is 0. The molecule has 0 N–H and O–H groups in total. The molecule has 5 nitrogen and oxygen atoms in total. The lowest BCUT2D eigenvalue weighted by atomic mass is 10.7. The summed E-state index contributed by atoms with van der Waals surface area (Å²) in [6, 6.07) is 0. The van der Waals surface area contributed by atoms with E-state index in [0.717, 1.165) is 11.8 Å². The van der Waals surface area contributed by atoms with E-state index in [1.807, 2.05) is 0 Å². The van der Waals surface area contributed by atoms with Crippen LogP contribution in [0.4, 0.5) is 13.2 Å². The maximum atomic E-state index is 12.3. The standard InChI is InChI=1S/C7H6F3N5S2/c1-15-4(11-3-12-15)2-16-6-14-13-5(17-6)7(8,9)10/h3H,2H2,1H3. The summed E-state index contributed by atoms with van der Waals surface area (Å²) < 4.78 is 38.6. The van der Waals surface area contributed by atoms with E-state index in [2.05, 4.69) is 20.3 Å². The molecule has 0 aliphatic carbocycles. The zero-order valence-electron chi connectivity index (χ0n) is 8.47. The van der Waals surface area contributed by atoms with E-state index in [1.54, 1.807) is 11.7 Å². The van der Waals surface area contributed by atoms with Gasteiger partial charge < -0.3 is 0 Å². The fourth-order valence-electron chi connectivity index (χ4n) is 0.960. The van der Waals surface area contributed by atoms with E-state index in [4.69, 9.17) is 0 Å². The first kappa shape index (κ1) is 12.3. The summed E-state index contributed by atoms with van der Waals surface area (Å²) in [6.45, 7) is 0. The summed E-state index contributed by atoms with van der Waals surface area (Å²) in [5.74, 6) is 1.07. The molecule has 17 heavy (non-hydrogen) atoms.